The minimum absolute atomic E-state index is 0.386. The molecule has 1 aliphatic rings. The first-order chi connectivity index (χ1) is 7.42. The third-order valence-electron chi connectivity index (χ3n) is 2.97. The molecule has 0 aliphatic heterocycles. The number of hydrogen-bond acceptors (Lipinski definition) is 3. The lowest BCUT2D eigenvalue weighted by atomic mass is 9.98. The van der Waals surface area contributed by atoms with Gasteiger partial charge < -0.3 is 5.32 Å². The molecule has 0 aromatic heterocycles. The van der Waals surface area contributed by atoms with Crippen LogP contribution in [0.4, 0.5) is 0 Å². The van der Waals surface area contributed by atoms with E-state index < -0.39 is 15.6 Å². The second-order valence-corrected chi connectivity index (χ2v) is 7.27. The second kappa shape index (κ2) is 6.00. The van der Waals surface area contributed by atoms with Gasteiger partial charge >= 0.3 is 0 Å². The van der Waals surface area contributed by atoms with E-state index >= 15 is 0 Å². The maximum absolute atomic E-state index is 11.3. The zero-order chi connectivity index (χ0) is 12.2. The Morgan fingerprint density at radius 1 is 1.38 bits per heavy atom. The molecule has 1 rings (SSSR count). The highest BCUT2D eigenvalue weighted by atomic mass is 79.9. The third kappa shape index (κ3) is 4.82. The van der Waals surface area contributed by atoms with Gasteiger partial charge in [0.15, 0.2) is 9.84 Å². The van der Waals surface area contributed by atoms with Crippen molar-refractivity contribution in [3.05, 3.63) is 0 Å². The van der Waals surface area contributed by atoms with E-state index in [0.29, 0.717) is 18.4 Å². The van der Waals surface area contributed by atoms with Gasteiger partial charge in [-0.1, -0.05) is 22.4 Å². The monoisotopic (exact) mass is 311 g/mol. The molecule has 2 atom stereocenters. The van der Waals surface area contributed by atoms with Crippen molar-refractivity contribution in [2.24, 2.45) is 11.8 Å². The summed E-state index contributed by atoms with van der Waals surface area (Å²) >= 11 is 3.46. The van der Waals surface area contributed by atoms with Crippen LogP contribution in [0.25, 0.3) is 0 Å². The van der Waals surface area contributed by atoms with Gasteiger partial charge in [-0.2, -0.15) is 0 Å². The Bertz CT molecular complexity index is 342. The number of rotatable bonds is 5. The standard InChI is InChI=1S/C10H18BrNO3S/c1-16(14,15)7-10(13)12-6-9-4-2-3-8(9)5-11/h8-9H,2-7H2,1H3,(H,12,13). The number of carbonyl (C=O) groups is 1. The molecule has 0 aromatic carbocycles. The van der Waals surface area contributed by atoms with Crippen LogP contribution in [-0.4, -0.2) is 38.2 Å². The van der Waals surface area contributed by atoms with Crippen molar-refractivity contribution >= 4 is 31.7 Å². The average molecular weight is 312 g/mol. The van der Waals surface area contributed by atoms with E-state index in [1.807, 2.05) is 0 Å². The summed E-state index contributed by atoms with van der Waals surface area (Å²) in [4.78, 5) is 11.3. The quantitative estimate of drug-likeness (QED) is 0.769. The summed E-state index contributed by atoms with van der Waals surface area (Å²) in [5.74, 6) is 0.308. The van der Waals surface area contributed by atoms with Crippen LogP contribution in [0, 0.1) is 11.8 Å². The number of carbonyl (C=O) groups excluding carboxylic acids is 1. The maximum atomic E-state index is 11.3. The highest BCUT2D eigenvalue weighted by molar-refractivity contribution is 9.09. The SMILES string of the molecule is CS(=O)(=O)CC(=O)NCC1CCCC1CBr. The molecule has 0 aromatic rings. The average Bonchev–Trinajstić information content (AvgIpc) is 2.59. The first-order valence-electron chi connectivity index (χ1n) is 5.43. The topological polar surface area (TPSA) is 63.2 Å². The molecular formula is C10H18BrNO3S. The molecule has 0 bridgehead atoms. The van der Waals surface area contributed by atoms with Crippen molar-refractivity contribution in [3.8, 4) is 0 Å². The van der Waals surface area contributed by atoms with E-state index in [0.717, 1.165) is 18.0 Å². The molecule has 6 heteroatoms. The van der Waals surface area contributed by atoms with Crippen molar-refractivity contribution in [1.82, 2.24) is 5.32 Å². The molecule has 1 N–H and O–H groups in total. The Morgan fingerprint density at radius 2 is 2.00 bits per heavy atom. The summed E-state index contributed by atoms with van der Waals surface area (Å²) in [6.45, 7) is 0.602. The van der Waals surface area contributed by atoms with E-state index in [2.05, 4.69) is 21.2 Å². The van der Waals surface area contributed by atoms with Gasteiger partial charge in [0, 0.05) is 18.1 Å². The lowest BCUT2D eigenvalue weighted by Crippen LogP contribution is -2.35. The van der Waals surface area contributed by atoms with Gasteiger partial charge in [-0.15, -0.1) is 0 Å². The maximum Gasteiger partial charge on any atom is 0.235 e. The molecule has 0 radical (unpaired) electrons. The van der Waals surface area contributed by atoms with Crippen molar-refractivity contribution in [3.63, 3.8) is 0 Å². The van der Waals surface area contributed by atoms with Gasteiger partial charge in [0.1, 0.15) is 5.75 Å². The second-order valence-electron chi connectivity index (χ2n) is 4.48. The Labute approximate surface area is 105 Å². The first kappa shape index (κ1) is 14.0. The van der Waals surface area contributed by atoms with E-state index in [1.54, 1.807) is 0 Å². The van der Waals surface area contributed by atoms with Crippen LogP contribution in [-0.2, 0) is 14.6 Å². The summed E-state index contributed by atoms with van der Waals surface area (Å²) in [5.41, 5.74) is 0. The number of sulfone groups is 1. The zero-order valence-electron chi connectivity index (χ0n) is 9.41. The smallest absolute Gasteiger partial charge is 0.235 e. The molecule has 0 saturated heterocycles. The Hall–Kier alpha value is -0.100. The van der Waals surface area contributed by atoms with Crippen LogP contribution >= 0.6 is 15.9 Å². The van der Waals surface area contributed by atoms with Gasteiger partial charge in [0.25, 0.3) is 0 Å². The molecule has 2 unspecified atom stereocenters. The molecule has 1 amide bonds. The molecule has 1 aliphatic carbocycles. The number of halogens is 1. The predicted molar refractivity (Wildman–Crippen MR) is 67.3 cm³/mol. The normalized spacial score (nSPS) is 25.6. The van der Waals surface area contributed by atoms with Crippen LogP contribution in [0.2, 0.25) is 0 Å². The summed E-state index contributed by atoms with van der Waals surface area (Å²) in [6, 6.07) is 0. The van der Waals surface area contributed by atoms with E-state index in [9.17, 15) is 13.2 Å². The van der Waals surface area contributed by atoms with Crippen molar-refractivity contribution in [2.45, 2.75) is 19.3 Å². The van der Waals surface area contributed by atoms with E-state index in [4.69, 9.17) is 0 Å². The van der Waals surface area contributed by atoms with Crippen LogP contribution in [0.15, 0.2) is 0 Å². The lowest BCUT2D eigenvalue weighted by Gasteiger charge is -2.17. The molecular weight excluding hydrogens is 294 g/mol. The lowest BCUT2D eigenvalue weighted by molar-refractivity contribution is -0.118. The summed E-state index contributed by atoms with van der Waals surface area (Å²) < 4.78 is 21.8. The molecule has 4 nitrogen and oxygen atoms in total. The first-order valence-corrected chi connectivity index (χ1v) is 8.61. The fraction of sp³-hybridized carbons (Fsp3) is 0.900. The van der Waals surface area contributed by atoms with Gasteiger partial charge in [0.2, 0.25) is 5.91 Å². The number of hydrogen-bond donors (Lipinski definition) is 1. The Balaban J connectivity index is 2.31. The minimum Gasteiger partial charge on any atom is -0.355 e. The third-order valence-corrected chi connectivity index (χ3v) is 4.59. The van der Waals surface area contributed by atoms with E-state index in [1.165, 1.54) is 12.8 Å². The Kier molecular flexibility index (Phi) is 5.24. The molecule has 94 valence electrons. The molecule has 16 heavy (non-hydrogen) atoms. The summed E-state index contributed by atoms with van der Waals surface area (Å²) in [7, 11) is -3.21. The van der Waals surface area contributed by atoms with Crippen LogP contribution in [0.3, 0.4) is 0 Å². The number of nitrogens with one attached hydrogen (secondary N) is 1. The highest BCUT2D eigenvalue weighted by Gasteiger charge is 2.26. The van der Waals surface area contributed by atoms with Crippen molar-refractivity contribution in [2.75, 3.05) is 23.9 Å². The number of alkyl halides is 1. The molecule has 1 fully saturated rings. The van der Waals surface area contributed by atoms with Gasteiger partial charge in [-0.25, -0.2) is 8.42 Å². The minimum atomic E-state index is -3.21. The highest BCUT2D eigenvalue weighted by Crippen LogP contribution is 2.32. The van der Waals surface area contributed by atoms with Gasteiger partial charge in [0.05, 0.1) is 0 Å². The van der Waals surface area contributed by atoms with Crippen LogP contribution in [0.5, 0.6) is 0 Å². The number of amides is 1. The van der Waals surface area contributed by atoms with Gasteiger partial charge in [-0.05, 0) is 24.7 Å². The van der Waals surface area contributed by atoms with Gasteiger partial charge in [-0.3, -0.25) is 4.79 Å². The van der Waals surface area contributed by atoms with E-state index in [-0.39, 0.29) is 5.91 Å². The summed E-state index contributed by atoms with van der Waals surface area (Å²) in [6.07, 6.45) is 4.58. The van der Waals surface area contributed by atoms with Crippen molar-refractivity contribution < 1.29 is 13.2 Å². The zero-order valence-corrected chi connectivity index (χ0v) is 11.8. The van der Waals surface area contributed by atoms with Crippen molar-refractivity contribution in [1.29, 1.82) is 0 Å². The molecule has 0 heterocycles. The van der Waals surface area contributed by atoms with Crippen LogP contribution in [0.1, 0.15) is 19.3 Å². The molecule has 1 saturated carbocycles. The fourth-order valence-corrected chi connectivity index (χ4v) is 3.55. The predicted octanol–water partition coefficient (Wildman–Crippen LogP) is 0.958. The Morgan fingerprint density at radius 3 is 2.56 bits per heavy atom. The largest absolute Gasteiger partial charge is 0.355 e. The summed E-state index contributed by atoms with van der Waals surface area (Å²) in [5, 5.41) is 3.66. The molecule has 0 spiro atoms. The fourth-order valence-electron chi connectivity index (χ4n) is 2.12. The van der Waals surface area contributed by atoms with Crippen LogP contribution < -0.4 is 5.32 Å².